The van der Waals surface area contributed by atoms with Crippen LogP contribution in [-0.2, 0) is 14.3 Å². The number of unbranched alkanes of at least 4 members (excludes halogenated alkanes) is 30. The summed E-state index contributed by atoms with van der Waals surface area (Å²) in [6, 6.07) is -0.838. The van der Waals surface area contributed by atoms with E-state index in [0.717, 1.165) is 96.3 Å². The van der Waals surface area contributed by atoms with E-state index in [9.17, 15) is 30.3 Å². The van der Waals surface area contributed by atoms with Crippen LogP contribution in [0.1, 0.15) is 277 Å². The van der Waals surface area contributed by atoms with Gasteiger partial charge in [-0.1, -0.05) is 290 Å². The fourth-order valence-corrected chi connectivity index (χ4v) is 9.92. The number of hydrogen-bond acceptors (Lipinski definition) is 8. The molecule has 0 radical (unpaired) electrons. The van der Waals surface area contributed by atoms with E-state index in [0.29, 0.717) is 6.42 Å². The van der Waals surface area contributed by atoms with Crippen molar-refractivity contribution in [3.05, 3.63) is 109 Å². The average Bonchev–Trinajstić information content (AvgIpc) is 3.46. The molecular formula is C71H123NO8. The van der Waals surface area contributed by atoms with Crippen LogP contribution in [0.3, 0.4) is 0 Å². The third-order valence-corrected chi connectivity index (χ3v) is 15.1. The second-order valence-electron chi connectivity index (χ2n) is 22.5. The first-order valence-corrected chi connectivity index (χ1v) is 33.1. The third-order valence-electron chi connectivity index (χ3n) is 15.1. The Morgan fingerprint density at radius 1 is 0.438 bits per heavy atom. The summed E-state index contributed by atoms with van der Waals surface area (Å²) in [5.41, 5.74) is 0. The smallest absolute Gasteiger partial charge is 0.220 e. The minimum absolute atomic E-state index is 0.200. The van der Waals surface area contributed by atoms with Gasteiger partial charge >= 0.3 is 0 Å². The van der Waals surface area contributed by atoms with Gasteiger partial charge < -0.3 is 40.3 Å². The van der Waals surface area contributed by atoms with Crippen molar-refractivity contribution in [2.24, 2.45) is 0 Å². The molecule has 9 heteroatoms. The number of allylic oxidation sites excluding steroid dienone is 17. The van der Waals surface area contributed by atoms with Gasteiger partial charge in [0.25, 0.3) is 0 Å². The maximum atomic E-state index is 13.1. The normalized spacial score (nSPS) is 19.2. The number of rotatable bonds is 56. The van der Waals surface area contributed by atoms with E-state index in [-0.39, 0.29) is 12.5 Å². The highest BCUT2D eigenvalue weighted by Gasteiger charge is 2.44. The molecule has 0 aromatic carbocycles. The molecule has 460 valence electrons. The van der Waals surface area contributed by atoms with E-state index in [1.54, 1.807) is 6.08 Å². The van der Waals surface area contributed by atoms with E-state index >= 15 is 0 Å². The van der Waals surface area contributed by atoms with Gasteiger partial charge in [-0.25, -0.2) is 0 Å². The van der Waals surface area contributed by atoms with Gasteiger partial charge in [0.05, 0.1) is 25.4 Å². The summed E-state index contributed by atoms with van der Waals surface area (Å²) in [5.74, 6) is -0.200. The van der Waals surface area contributed by atoms with Gasteiger partial charge in [0.1, 0.15) is 24.4 Å². The molecule has 7 unspecified atom stereocenters. The largest absolute Gasteiger partial charge is 0.394 e. The molecule has 1 fully saturated rings. The van der Waals surface area contributed by atoms with Gasteiger partial charge in [0.15, 0.2) is 6.29 Å². The Labute approximate surface area is 491 Å². The summed E-state index contributed by atoms with van der Waals surface area (Å²) >= 11 is 0. The maximum absolute atomic E-state index is 13.1. The lowest BCUT2D eigenvalue weighted by Crippen LogP contribution is -2.60. The highest BCUT2D eigenvalue weighted by atomic mass is 16.7. The number of aliphatic hydroxyl groups is 5. The standard InChI is InChI=1S/C71H123NO8/c1-3-5-7-9-11-13-15-17-19-21-23-25-27-29-31-33-35-37-39-41-43-45-47-49-51-53-55-57-59-61-67(75)72-64(63-79-71-70(78)69(77)68(76)66(62-73)80-71)65(74)60-58-56-54-52-50-48-46-44-42-40-38-36-34-32-30-28-26-24-22-20-18-16-14-12-10-8-6-4-2/h5,7,11,13,17,19,23,25,29,31,35,37,41,43,50,52,58,60,64-66,68-71,73-74,76-78H,3-4,6,8-10,12,14-16,18,20-22,24,26-28,30,32-34,36,38-40,42,44-49,51,53-57,59,61-63H2,1-2H3,(H,72,75)/b7-5-,13-11-,19-17-,25-23-,31-29-,37-35-,43-41-,52-50+,60-58+. The molecule has 0 aromatic rings. The van der Waals surface area contributed by atoms with Gasteiger partial charge in [0, 0.05) is 6.42 Å². The second kappa shape index (κ2) is 59.0. The molecule has 1 amide bonds. The van der Waals surface area contributed by atoms with Crippen molar-refractivity contribution in [2.45, 2.75) is 320 Å². The van der Waals surface area contributed by atoms with Crippen molar-refractivity contribution < 1.29 is 39.8 Å². The molecule has 0 spiro atoms. The summed E-state index contributed by atoms with van der Waals surface area (Å²) in [6.45, 7) is 3.66. The molecule has 1 saturated heterocycles. The summed E-state index contributed by atoms with van der Waals surface area (Å²) in [6.07, 6.45) is 80.3. The van der Waals surface area contributed by atoms with Crippen LogP contribution in [0.5, 0.6) is 0 Å². The molecule has 80 heavy (non-hydrogen) atoms. The fraction of sp³-hybridized carbons (Fsp3) is 0.732. The number of carbonyl (C=O) groups excluding carboxylic acids is 1. The number of ether oxygens (including phenoxy) is 2. The Bertz CT molecular complexity index is 1630. The van der Waals surface area contributed by atoms with Gasteiger partial charge in [-0.3, -0.25) is 4.79 Å². The molecule has 1 aliphatic rings. The molecule has 7 atom stereocenters. The summed E-state index contributed by atoms with van der Waals surface area (Å²) in [7, 11) is 0. The first kappa shape index (κ1) is 74.9. The minimum Gasteiger partial charge on any atom is -0.394 e. The lowest BCUT2D eigenvalue weighted by atomic mass is 9.99. The lowest BCUT2D eigenvalue weighted by molar-refractivity contribution is -0.302. The van der Waals surface area contributed by atoms with Crippen LogP contribution in [0.15, 0.2) is 109 Å². The molecule has 1 rings (SSSR count). The summed E-state index contributed by atoms with van der Waals surface area (Å²) in [5, 5.41) is 54.7. The number of aliphatic hydroxyl groups excluding tert-OH is 5. The van der Waals surface area contributed by atoms with E-state index in [4.69, 9.17) is 9.47 Å². The van der Waals surface area contributed by atoms with Crippen molar-refractivity contribution >= 4 is 5.91 Å². The molecule has 0 aromatic heterocycles. The topological polar surface area (TPSA) is 149 Å². The SMILES string of the molecule is CC/C=C\C/C=C\C/C=C\C/C=C\C/C=C\C/C=C\C/C=C\CCCCCCCCCC(=O)NC(COC1OC(CO)C(O)C(O)C1O)C(O)/C=C/CC/C=C/CCCCCCCCCCCCCCCCCCCCCCCC. The summed E-state index contributed by atoms with van der Waals surface area (Å²) < 4.78 is 11.3. The molecule has 6 N–H and O–H groups in total. The molecule has 1 aliphatic heterocycles. The van der Waals surface area contributed by atoms with Gasteiger partial charge in [-0.05, 0) is 89.9 Å². The first-order valence-electron chi connectivity index (χ1n) is 33.1. The predicted molar refractivity (Wildman–Crippen MR) is 341 cm³/mol. The molecular weight excluding hydrogens is 995 g/mol. The zero-order chi connectivity index (χ0) is 57.9. The molecule has 0 saturated carbocycles. The minimum atomic E-state index is -1.58. The molecule has 0 bridgehead atoms. The Morgan fingerprint density at radius 3 is 1.20 bits per heavy atom. The first-order chi connectivity index (χ1) is 39.3. The monoisotopic (exact) mass is 1120 g/mol. The third kappa shape index (κ3) is 47.4. The van der Waals surface area contributed by atoms with Crippen LogP contribution in [0.25, 0.3) is 0 Å². The average molecular weight is 1120 g/mol. The quantitative estimate of drug-likeness (QED) is 0.0261. The van der Waals surface area contributed by atoms with Crippen molar-refractivity contribution in [2.75, 3.05) is 13.2 Å². The Kier molecular flexibility index (Phi) is 55.2. The van der Waals surface area contributed by atoms with Crippen LogP contribution in [0, 0.1) is 0 Å². The van der Waals surface area contributed by atoms with Crippen molar-refractivity contribution in [1.29, 1.82) is 0 Å². The Morgan fingerprint density at radius 2 is 0.787 bits per heavy atom. The second-order valence-corrected chi connectivity index (χ2v) is 22.5. The van der Waals surface area contributed by atoms with Crippen molar-refractivity contribution in [3.63, 3.8) is 0 Å². The van der Waals surface area contributed by atoms with E-state index in [1.807, 2.05) is 6.08 Å². The van der Waals surface area contributed by atoms with E-state index in [1.165, 1.54) is 161 Å². The van der Waals surface area contributed by atoms with Crippen LogP contribution in [-0.4, -0.2) is 87.5 Å². The number of nitrogens with one attached hydrogen (secondary N) is 1. The van der Waals surface area contributed by atoms with Gasteiger partial charge in [-0.15, -0.1) is 0 Å². The number of amides is 1. The Balaban J connectivity index is 2.22. The lowest BCUT2D eigenvalue weighted by Gasteiger charge is -2.40. The van der Waals surface area contributed by atoms with Crippen LogP contribution < -0.4 is 5.32 Å². The molecule has 1 heterocycles. The van der Waals surface area contributed by atoms with Gasteiger partial charge in [0.2, 0.25) is 5.91 Å². The zero-order valence-corrected chi connectivity index (χ0v) is 51.3. The van der Waals surface area contributed by atoms with Crippen molar-refractivity contribution in [1.82, 2.24) is 5.32 Å². The number of carbonyl (C=O) groups is 1. The van der Waals surface area contributed by atoms with E-state index < -0.39 is 49.5 Å². The number of hydrogen-bond donors (Lipinski definition) is 6. The van der Waals surface area contributed by atoms with Crippen LogP contribution in [0.2, 0.25) is 0 Å². The summed E-state index contributed by atoms with van der Waals surface area (Å²) in [4.78, 5) is 13.1. The molecule has 0 aliphatic carbocycles. The highest BCUT2D eigenvalue weighted by molar-refractivity contribution is 5.76. The maximum Gasteiger partial charge on any atom is 0.220 e. The highest BCUT2D eigenvalue weighted by Crippen LogP contribution is 2.23. The molecule has 9 nitrogen and oxygen atoms in total. The van der Waals surface area contributed by atoms with Crippen LogP contribution >= 0.6 is 0 Å². The fourth-order valence-electron chi connectivity index (χ4n) is 9.92. The Hall–Kier alpha value is -3.15. The van der Waals surface area contributed by atoms with Crippen molar-refractivity contribution in [3.8, 4) is 0 Å². The zero-order valence-electron chi connectivity index (χ0n) is 51.3. The van der Waals surface area contributed by atoms with Gasteiger partial charge in [-0.2, -0.15) is 0 Å². The van der Waals surface area contributed by atoms with Crippen LogP contribution in [0.4, 0.5) is 0 Å². The predicted octanol–water partition coefficient (Wildman–Crippen LogP) is 17.7. The van der Waals surface area contributed by atoms with E-state index in [2.05, 4.69) is 116 Å².